The number of aldehydes is 1. The third-order valence-electron chi connectivity index (χ3n) is 2.55. The molecule has 4 nitrogen and oxygen atoms in total. The van der Waals surface area contributed by atoms with Crippen molar-refractivity contribution in [2.45, 2.75) is 26.7 Å². The van der Waals surface area contributed by atoms with Gasteiger partial charge in [0.25, 0.3) is 0 Å². The second-order valence-corrected chi connectivity index (χ2v) is 6.58. The number of carbonyl (C=O) groups is 1. The standard InChI is InChI=1S/C10H19NO3S/c1-9(2)8-15(13,14)11-5-3-4-10(6-11)7-12/h7,9-10H,3-6,8H2,1-2H3. The van der Waals surface area contributed by atoms with Crippen LogP contribution in [0.25, 0.3) is 0 Å². The molecule has 0 aliphatic carbocycles. The molecule has 1 atom stereocenters. The Morgan fingerprint density at radius 2 is 2.13 bits per heavy atom. The summed E-state index contributed by atoms with van der Waals surface area (Å²) in [5, 5.41) is 0. The predicted octanol–water partition coefficient (Wildman–Crippen LogP) is 0.883. The average molecular weight is 233 g/mol. The topological polar surface area (TPSA) is 54.5 Å². The maximum Gasteiger partial charge on any atom is 0.214 e. The molecule has 1 aliphatic heterocycles. The number of sulfonamides is 1. The maximum atomic E-state index is 11.9. The van der Waals surface area contributed by atoms with Gasteiger partial charge in [0.2, 0.25) is 10.0 Å². The number of piperidine rings is 1. The monoisotopic (exact) mass is 233 g/mol. The summed E-state index contributed by atoms with van der Waals surface area (Å²) in [6.45, 7) is 4.72. The third-order valence-corrected chi connectivity index (χ3v) is 4.76. The van der Waals surface area contributed by atoms with Crippen LogP contribution in [0.4, 0.5) is 0 Å². The normalized spacial score (nSPS) is 24.3. The van der Waals surface area contributed by atoms with E-state index in [4.69, 9.17) is 0 Å². The van der Waals surface area contributed by atoms with Gasteiger partial charge in [-0.3, -0.25) is 0 Å². The summed E-state index contributed by atoms with van der Waals surface area (Å²) >= 11 is 0. The SMILES string of the molecule is CC(C)CS(=O)(=O)N1CCCC(C=O)C1. The summed E-state index contributed by atoms with van der Waals surface area (Å²) in [5.74, 6) is 0.200. The first-order chi connectivity index (χ1) is 6.95. The summed E-state index contributed by atoms with van der Waals surface area (Å²) < 4.78 is 25.2. The molecule has 1 rings (SSSR count). The summed E-state index contributed by atoms with van der Waals surface area (Å²) in [6, 6.07) is 0. The molecular formula is C10H19NO3S. The molecule has 0 N–H and O–H groups in total. The van der Waals surface area contributed by atoms with Crippen molar-refractivity contribution in [1.29, 1.82) is 0 Å². The fourth-order valence-electron chi connectivity index (χ4n) is 1.86. The summed E-state index contributed by atoms with van der Waals surface area (Å²) in [7, 11) is -3.15. The van der Waals surface area contributed by atoms with Gasteiger partial charge >= 0.3 is 0 Å². The molecule has 1 saturated heterocycles. The van der Waals surface area contributed by atoms with Crippen molar-refractivity contribution < 1.29 is 13.2 Å². The molecule has 5 heteroatoms. The lowest BCUT2D eigenvalue weighted by Crippen LogP contribution is -2.42. The molecule has 1 unspecified atom stereocenters. The lowest BCUT2D eigenvalue weighted by atomic mass is 10.0. The fraction of sp³-hybridized carbons (Fsp3) is 0.900. The number of carbonyl (C=O) groups excluding carboxylic acids is 1. The first-order valence-electron chi connectivity index (χ1n) is 5.39. The van der Waals surface area contributed by atoms with Crippen LogP contribution in [0.3, 0.4) is 0 Å². The van der Waals surface area contributed by atoms with E-state index in [0.29, 0.717) is 13.1 Å². The van der Waals surface area contributed by atoms with E-state index in [1.807, 2.05) is 13.8 Å². The highest BCUT2D eigenvalue weighted by molar-refractivity contribution is 7.89. The minimum absolute atomic E-state index is 0.110. The minimum Gasteiger partial charge on any atom is -0.303 e. The van der Waals surface area contributed by atoms with Crippen LogP contribution in [0, 0.1) is 11.8 Å². The van der Waals surface area contributed by atoms with Gasteiger partial charge in [0, 0.05) is 19.0 Å². The third kappa shape index (κ3) is 3.57. The molecule has 0 spiro atoms. The van der Waals surface area contributed by atoms with Crippen LogP contribution >= 0.6 is 0 Å². The highest BCUT2D eigenvalue weighted by Crippen LogP contribution is 2.18. The average Bonchev–Trinajstić information content (AvgIpc) is 2.16. The van der Waals surface area contributed by atoms with Crippen molar-refractivity contribution in [3.8, 4) is 0 Å². The van der Waals surface area contributed by atoms with Gasteiger partial charge < -0.3 is 4.79 Å². The number of hydrogen-bond donors (Lipinski definition) is 0. The second-order valence-electron chi connectivity index (χ2n) is 4.57. The molecule has 0 amide bonds. The lowest BCUT2D eigenvalue weighted by Gasteiger charge is -2.29. The van der Waals surface area contributed by atoms with Gasteiger partial charge in [0.1, 0.15) is 6.29 Å². The molecule has 15 heavy (non-hydrogen) atoms. The second kappa shape index (κ2) is 5.07. The molecular weight excluding hydrogens is 214 g/mol. The molecule has 0 aromatic carbocycles. The van der Waals surface area contributed by atoms with Crippen LogP contribution in [-0.4, -0.2) is 37.9 Å². The van der Waals surface area contributed by atoms with E-state index in [9.17, 15) is 13.2 Å². The highest BCUT2D eigenvalue weighted by Gasteiger charge is 2.28. The molecule has 1 heterocycles. The first kappa shape index (κ1) is 12.6. The number of rotatable bonds is 4. The van der Waals surface area contributed by atoms with Crippen molar-refractivity contribution in [1.82, 2.24) is 4.31 Å². The van der Waals surface area contributed by atoms with E-state index in [2.05, 4.69) is 0 Å². The predicted molar refractivity (Wildman–Crippen MR) is 59.0 cm³/mol. The van der Waals surface area contributed by atoms with Gasteiger partial charge in [0.05, 0.1) is 5.75 Å². The van der Waals surface area contributed by atoms with Crippen LogP contribution in [0.2, 0.25) is 0 Å². The number of hydrogen-bond acceptors (Lipinski definition) is 3. The van der Waals surface area contributed by atoms with Crippen LogP contribution in [0.1, 0.15) is 26.7 Å². The Kier molecular flexibility index (Phi) is 4.28. The molecule has 0 radical (unpaired) electrons. The number of nitrogens with zero attached hydrogens (tertiary/aromatic N) is 1. The Balaban J connectivity index is 2.66. The van der Waals surface area contributed by atoms with Crippen molar-refractivity contribution in [3.63, 3.8) is 0 Å². The van der Waals surface area contributed by atoms with Gasteiger partial charge in [-0.15, -0.1) is 0 Å². The Bertz CT molecular complexity index is 311. The Morgan fingerprint density at radius 3 is 2.67 bits per heavy atom. The fourth-order valence-corrected chi connectivity index (χ4v) is 3.74. The van der Waals surface area contributed by atoms with E-state index < -0.39 is 10.0 Å². The van der Waals surface area contributed by atoms with Crippen LogP contribution in [0.15, 0.2) is 0 Å². The maximum absolute atomic E-state index is 11.9. The first-order valence-corrected chi connectivity index (χ1v) is 6.99. The zero-order chi connectivity index (χ0) is 11.5. The molecule has 1 aliphatic rings. The van der Waals surface area contributed by atoms with Crippen molar-refractivity contribution in [2.24, 2.45) is 11.8 Å². The van der Waals surface area contributed by atoms with Gasteiger partial charge in [-0.25, -0.2) is 12.7 Å². The van der Waals surface area contributed by atoms with Crippen molar-refractivity contribution in [2.75, 3.05) is 18.8 Å². The molecule has 0 bridgehead atoms. The van der Waals surface area contributed by atoms with Crippen LogP contribution < -0.4 is 0 Å². The van der Waals surface area contributed by atoms with E-state index in [1.54, 1.807) is 0 Å². The van der Waals surface area contributed by atoms with Gasteiger partial charge in [-0.2, -0.15) is 0 Å². The van der Waals surface area contributed by atoms with E-state index in [0.717, 1.165) is 19.1 Å². The van der Waals surface area contributed by atoms with Crippen molar-refractivity contribution in [3.05, 3.63) is 0 Å². The van der Waals surface area contributed by atoms with Gasteiger partial charge in [-0.1, -0.05) is 13.8 Å². The van der Waals surface area contributed by atoms with Crippen molar-refractivity contribution >= 4 is 16.3 Å². The molecule has 0 aromatic heterocycles. The summed E-state index contributed by atoms with van der Waals surface area (Å²) in [6.07, 6.45) is 2.48. The lowest BCUT2D eigenvalue weighted by molar-refractivity contribution is -0.112. The minimum atomic E-state index is -3.15. The molecule has 0 aromatic rings. The summed E-state index contributed by atoms with van der Waals surface area (Å²) in [4.78, 5) is 10.6. The highest BCUT2D eigenvalue weighted by atomic mass is 32.2. The molecule has 0 saturated carbocycles. The largest absolute Gasteiger partial charge is 0.303 e. The zero-order valence-electron chi connectivity index (χ0n) is 9.35. The molecule has 88 valence electrons. The quantitative estimate of drug-likeness (QED) is 0.677. The summed E-state index contributed by atoms with van der Waals surface area (Å²) in [5.41, 5.74) is 0. The van der Waals surface area contributed by atoms with Crippen LogP contribution in [-0.2, 0) is 14.8 Å². The van der Waals surface area contributed by atoms with E-state index >= 15 is 0 Å². The Labute approximate surface area is 91.7 Å². The van der Waals surface area contributed by atoms with E-state index in [1.165, 1.54) is 4.31 Å². The zero-order valence-corrected chi connectivity index (χ0v) is 10.2. The molecule has 1 fully saturated rings. The van der Waals surface area contributed by atoms with E-state index in [-0.39, 0.29) is 17.6 Å². The van der Waals surface area contributed by atoms with Crippen LogP contribution in [0.5, 0.6) is 0 Å². The smallest absolute Gasteiger partial charge is 0.214 e. The Hall–Kier alpha value is -0.420. The van der Waals surface area contributed by atoms with Gasteiger partial charge in [-0.05, 0) is 18.8 Å². The Morgan fingerprint density at radius 1 is 1.47 bits per heavy atom. The van der Waals surface area contributed by atoms with Gasteiger partial charge in [0.15, 0.2) is 0 Å².